The summed E-state index contributed by atoms with van der Waals surface area (Å²) < 4.78 is 5.13. The van der Waals surface area contributed by atoms with Gasteiger partial charge >= 0.3 is 0 Å². The van der Waals surface area contributed by atoms with E-state index in [1.54, 1.807) is 19.2 Å². The van der Waals surface area contributed by atoms with Gasteiger partial charge in [0.15, 0.2) is 0 Å². The van der Waals surface area contributed by atoms with Gasteiger partial charge in [0.1, 0.15) is 5.75 Å². The van der Waals surface area contributed by atoms with Crippen molar-refractivity contribution in [3.8, 4) is 5.75 Å². The minimum atomic E-state index is -0.587. The van der Waals surface area contributed by atoms with E-state index in [1.807, 2.05) is 50.2 Å². The van der Waals surface area contributed by atoms with Gasteiger partial charge in [0.25, 0.3) is 5.91 Å². The second kappa shape index (κ2) is 7.58. The maximum Gasteiger partial charge on any atom is 0.292 e. The molecule has 2 aromatic carbocycles. The summed E-state index contributed by atoms with van der Waals surface area (Å²) in [5.74, 6) is -0.348. The van der Waals surface area contributed by atoms with Gasteiger partial charge in [-0.15, -0.1) is 0 Å². The third-order valence-corrected chi connectivity index (χ3v) is 3.75. The summed E-state index contributed by atoms with van der Waals surface area (Å²) in [6.45, 7) is 3.90. The summed E-state index contributed by atoms with van der Waals surface area (Å²) in [5.41, 5.74) is 2.39. The van der Waals surface area contributed by atoms with Crippen molar-refractivity contribution in [2.24, 2.45) is 0 Å². The first-order chi connectivity index (χ1) is 11.0. The van der Waals surface area contributed by atoms with Gasteiger partial charge in [-0.25, -0.2) is 0 Å². The smallest absolute Gasteiger partial charge is 0.292 e. The molecule has 0 heterocycles. The number of amides is 1. The Labute approximate surface area is 136 Å². The summed E-state index contributed by atoms with van der Waals surface area (Å²) >= 11 is 0. The monoisotopic (exact) mass is 311 g/mol. The van der Waals surface area contributed by atoms with Crippen LogP contribution in [0.4, 0.5) is 0 Å². The molecular formula is C19H21NO3. The number of benzene rings is 2. The number of ether oxygens (including phenoxy) is 1. The molecule has 0 aliphatic carbocycles. The lowest BCUT2D eigenvalue weighted by Crippen LogP contribution is -2.34. The number of carbonyl (C=O) groups excluding carboxylic acids is 2. The van der Waals surface area contributed by atoms with Gasteiger partial charge in [0.2, 0.25) is 5.78 Å². The molecule has 0 bridgehead atoms. The highest BCUT2D eigenvalue weighted by atomic mass is 16.5. The van der Waals surface area contributed by atoms with E-state index in [4.69, 9.17) is 4.74 Å². The fourth-order valence-corrected chi connectivity index (χ4v) is 2.32. The summed E-state index contributed by atoms with van der Waals surface area (Å²) in [4.78, 5) is 24.4. The number of aryl methyl sites for hydroxylation is 1. The van der Waals surface area contributed by atoms with Crippen LogP contribution < -0.4 is 10.1 Å². The van der Waals surface area contributed by atoms with Crippen molar-refractivity contribution < 1.29 is 14.3 Å². The number of methoxy groups -OCH3 is 1. The quantitative estimate of drug-likeness (QED) is 0.656. The maximum atomic E-state index is 12.2. The molecule has 23 heavy (non-hydrogen) atoms. The van der Waals surface area contributed by atoms with Crippen molar-refractivity contribution in [1.82, 2.24) is 5.32 Å². The molecule has 0 radical (unpaired) electrons. The first-order valence-electron chi connectivity index (χ1n) is 7.61. The molecule has 0 aromatic heterocycles. The normalized spacial score (nSPS) is 11.6. The molecular weight excluding hydrogens is 290 g/mol. The van der Waals surface area contributed by atoms with Crippen LogP contribution in [-0.2, 0) is 4.79 Å². The van der Waals surface area contributed by atoms with Crippen LogP contribution in [-0.4, -0.2) is 18.8 Å². The molecule has 0 saturated carbocycles. The zero-order chi connectivity index (χ0) is 16.8. The lowest BCUT2D eigenvalue weighted by molar-refractivity contribution is -0.117. The lowest BCUT2D eigenvalue weighted by Gasteiger charge is -2.17. The van der Waals surface area contributed by atoms with Crippen LogP contribution in [0.2, 0.25) is 0 Å². The first kappa shape index (κ1) is 16.7. The molecule has 1 atom stereocenters. The molecule has 4 heteroatoms. The highest BCUT2D eigenvalue weighted by Crippen LogP contribution is 2.20. The molecule has 0 fully saturated rings. The molecule has 0 aliphatic heterocycles. The van der Waals surface area contributed by atoms with Crippen LogP contribution >= 0.6 is 0 Å². The summed E-state index contributed by atoms with van der Waals surface area (Å²) in [7, 11) is 1.61. The number of ketones is 1. The van der Waals surface area contributed by atoms with E-state index in [0.29, 0.717) is 12.0 Å². The number of carbonyl (C=O) groups is 2. The Morgan fingerprint density at radius 3 is 2.17 bits per heavy atom. The first-order valence-corrected chi connectivity index (χ1v) is 7.61. The fourth-order valence-electron chi connectivity index (χ4n) is 2.32. The molecule has 120 valence electrons. The number of nitrogens with one attached hydrogen (secondary N) is 1. The molecule has 2 rings (SSSR count). The molecule has 0 aliphatic rings. The number of hydrogen-bond acceptors (Lipinski definition) is 3. The van der Waals surface area contributed by atoms with Gasteiger partial charge < -0.3 is 10.1 Å². The van der Waals surface area contributed by atoms with Gasteiger partial charge in [-0.2, -0.15) is 0 Å². The molecule has 1 amide bonds. The van der Waals surface area contributed by atoms with E-state index < -0.39 is 11.7 Å². The zero-order valence-corrected chi connectivity index (χ0v) is 13.6. The van der Waals surface area contributed by atoms with Gasteiger partial charge in [0, 0.05) is 5.56 Å². The number of hydrogen-bond donors (Lipinski definition) is 1. The Kier molecular flexibility index (Phi) is 5.52. The van der Waals surface area contributed by atoms with Crippen molar-refractivity contribution >= 4 is 11.7 Å². The van der Waals surface area contributed by atoms with Crippen LogP contribution in [0, 0.1) is 6.92 Å². The van der Waals surface area contributed by atoms with Gasteiger partial charge in [-0.3, -0.25) is 9.59 Å². The Hall–Kier alpha value is -2.62. The van der Waals surface area contributed by atoms with Crippen molar-refractivity contribution in [2.45, 2.75) is 26.3 Å². The molecule has 0 spiro atoms. The van der Waals surface area contributed by atoms with Crippen molar-refractivity contribution in [3.05, 3.63) is 65.2 Å². The van der Waals surface area contributed by atoms with Crippen LogP contribution in [0.3, 0.4) is 0 Å². The molecule has 1 unspecified atom stereocenters. The van der Waals surface area contributed by atoms with Crippen molar-refractivity contribution in [1.29, 1.82) is 0 Å². The predicted molar refractivity (Wildman–Crippen MR) is 89.7 cm³/mol. The average molecular weight is 311 g/mol. The third kappa shape index (κ3) is 4.19. The second-order valence-corrected chi connectivity index (χ2v) is 5.40. The van der Waals surface area contributed by atoms with Gasteiger partial charge in [-0.1, -0.05) is 48.9 Å². The molecule has 2 aromatic rings. The van der Waals surface area contributed by atoms with E-state index in [0.717, 1.165) is 16.9 Å². The lowest BCUT2D eigenvalue weighted by atomic mass is 10.0. The molecule has 0 saturated heterocycles. The minimum Gasteiger partial charge on any atom is -0.497 e. The highest BCUT2D eigenvalue weighted by Gasteiger charge is 2.20. The van der Waals surface area contributed by atoms with E-state index >= 15 is 0 Å². The van der Waals surface area contributed by atoms with E-state index in [9.17, 15) is 9.59 Å². The fraction of sp³-hybridized carbons (Fsp3) is 0.263. The largest absolute Gasteiger partial charge is 0.497 e. The van der Waals surface area contributed by atoms with Crippen molar-refractivity contribution in [2.75, 3.05) is 7.11 Å². The Bertz CT molecular complexity index is 675. The van der Waals surface area contributed by atoms with Crippen LogP contribution in [0.15, 0.2) is 48.5 Å². The predicted octanol–water partition coefficient (Wildman–Crippen LogP) is 3.45. The zero-order valence-electron chi connectivity index (χ0n) is 13.6. The van der Waals surface area contributed by atoms with Gasteiger partial charge in [0.05, 0.1) is 13.2 Å². The van der Waals surface area contributed by atoms with Crippen LogP contribution in [0.1, 0.15) is 40.9 Å². The summed E-state index contributed by atoms with van der Waals surface area (Å²) in [6.07, 6.45) is 0.694. The standard InChI is InChI=1S/C19H21NO3/c1-4-17(14-9-11-16(23-3)12-10-14)20-19(22)18(21)15-7-5-13(2)6-8-15/h5-12,17H,4H2,1-3H3,(H,20,22). The van der Waals surface area contributed by atoms with E-state index in [2.05, 4.69) is 5.32 Å². The Balaban J connectivity index is 2.09. The third-order valence-electron chi connectivity index (χ3n) is 3.75. The van der Waals surface area contributed by atoms with Gasteiger partial charge in [-0.05, 0) is 31.0 Å². The SMILES string of the molecule is CCC(NC(=O)C(=O)c1ccc(C)cc1)c1ccc(OC)cc1. The summed E-state index contributed by atoms with van der Waals surface area (Å²) in [5, 5.41) is 2.80. The maximum absolute atomic E-state index is 12.2. The Morgan fingerprint density at radius 2 is 1.65 bits per heavy atom. The summed E-state index contributed by atoms with van der Waals surface area (Å²) in [6, 6.07) is 14.2. The highest BCUT2D eigenvalue weighted by molar-refractivity contribution is 6.42. The van der Waals surface area contributed by atoms with E-state index in [1.165, 1.54) is 0 Å². The molecule has 4 nitrogen and oxygen atoms in total. The van der Waals surface area contributed by atoms with Crippen LogP contribution in [0.5, 0.6) is 5.75 Å². The number of Topliss-reactive ketones (excluding diaryl/α,β-unsaturated/α-hetero) is 1. The topological polar surface area (TPSA) is 55.4 Å². The Morgan fingerprint density at radius 1 is 1.04 bits per heavy atom. The second-order valence-electron chi connectivity index (χ2n) is 5.40. The average Bonchev–Trinajstić information content (AvgIpc) is 2.59. The minimum absolute atomic E-state index is 0.206. The molecule has 1 N–H and O–H groups in total. The van der Waals surface area contributed by atoms with Crippen LogP contribution in [0.25, 0.3) is 0 Å². The number of rotatable bonds is 6. The van der Waals surface area contributed by atoms with Crippen molar-refractivity contribution in [3.63, 3.8) is 0 Å². The van der Waals surface area contributed by atoms with E-state index in [-0.39, 0.29) is 6.04 Å².